The topological polar surface area (TPSA) is 49.6 Å². The van der Waals surface area contributed by atoms with Crippen LogP contribution < -0.4 is 4.74 Å². The van der Waals surface area contributed by atoms with Crippen LogP contribution in [0.1, 0.15) is 32.3 Å². The third kappa shape index (κ3) is 2.16. The molecule has 0 aromatic heterocycles. The Morgan fingerprint density at radius 3 is 2.33 bits per heavy atom. The second kappa shape index (κ2) is 5.52. The highest BCUT2D eigenvalue weighted by atomic mass is 16.5. The largest absolute Gasteiger partial charge is 0.481 e. The number of imide groups is 1. The summed E-state index contributed by atoms with van der Waals surface area (Å²) >= 11 is 0. The Balaban J connectivity index is 1.59. The highest BCUT2D eigenvalue weighted by molar-refractivity contribution is 6.21. The average molecular weight is 318 g/mol. The number of rotatable bonds is 4. The fourth-order valence-electron chi connectivity index (χ4n) is 3.03. The number of para-hydroxylation sites is 1. The Morgan fingerprint density at radius 2 is 1.67 bits per heavy atom. The molecule has 1 fully saturated rings. The van der Waals surface area contributed by atoms with Crippen molar-refractivity contribution in [1.29, 1.82) is 0 Å². The van der Waals surface area contributed by atoms with E-state index in [9.17, 15) is 9.59 Å². The number of benzene rings is 2. The van der Waals surface area contributed by atoms with Crippen molar-refractivity contribution in [3.05, 3.63) is 65.2 Å². The maximum atomic E-state index is 12.5. The van der Waals surface area contributed by atoms with Crippen molar-refractivity contribution < 1.29 is 14.3 Å². The van der Waals surface area contributed by atoms with Crippen LogP contribution in [0, 0.1) is 12.3 Å². The lowest BCUT2D eigenvalue weighted by atomic mass is 10.1. The van der Waals surface area contributed by atoms with Crippen molar-refractivity contribution in [3.63, 3.8) is 0 Å². The summed E-state index contributed by atoms with van der Waals surface area (Å²) in [5.74, 6) is 2.57. The Morgan fingerprint density at radius 1 is 1.04 bits per heavy atom. The van der Waals surface area contributed by atoms with Crippen LogP contribution in [-0.2, 0) is 0 Å². The monoisotopic (exact) mass is 318 g/mol. The summed E-state index contributed by atoms with van der Waals surface area (Å²) in [6.45, 7) is 0.763. The number of fused-ring (bicyclic) bond motifs is 1. The third-order valence-electron chi connectivity index (χ3n) is 4.20. The second-order valence-corrected chi connectivity index (χ2v) is 5.64. The van der Waals surface area contributed by atoms with Crippen LogP contribution in [0.3, 0.4) is 0 Å². The molecule has 0 aliphatic carbocycles. The van der Waals surface area contributed by atoms with Crippen LogP contribution in [0.4, 0.5) is 0 Å². The van der Waals surface area contributed by atoms with Crippen LogP contribution in [0.5, 0.6) is 5.75 Å². The molecule has 0 N–H and O–H groups in total. The molecule has 2 atom stereocenters. The van der Waals surface area contributed by atoms with Gasteiger partial charge in [-0.05, 0) is 18.2 Å². The first kappa shape index (κ1) is 14.5. The predicted molar refractivity (Wildman–Crippen MR) is 87.2 cm³/mol. The molecule has 0 radical (unpaired) electrons. The summed E-state index contributed by atoms with van der Waals surface area (Å²) in [6.07, 6.45) is 5.25. The van der Waals surface area contributed by atoms with Crippen molar-refractivity contribution in [3.8, 4) is 18.1 Å². The van der Waals surface area contributed by atoms with Gasteiger partial charge in [-0.15, -0.1) is 6.42 Å². The molecule has 4 rings (SSSR count). The Labute approximate surface area is 139 Å². The van der Waals surface area contributed by atoms with E-state index in [0.717, 1.165) is 5.56 Å². The van der Waals surface area contributed by atoms with Gasteiger partial charge in [-0.3, -0.25) is 9.59 Å². The van der Waals surface area contributed by atoms with E-state index in [1.165, 1.54) is 5.01 Å². The van der Waals surface area contributed by atoms with Gasteiger partial charge in [0.15, 0.2) is 0 Å². The van der Waals surface area contributed by atoms with Gasteiger partial charge >= 0.3 is 0 Å². The van der Waals surface area contributed by atoms with E-state index < -0.39 is 0 Å². The molecule has 2 unspecified atom stereocenters. The zero-order valence-corrected chi connectivity index (χ0v) is 12.8. The molecule has 1 saturated heterocycles. The molecule has 5 nitrogen and oxygen atoms in total. The molecule has 0 bridgehead atoms. The molecule has 24 heavy (non-hydrogen) atoms. The number of nitrogens with zero attached hydrogens (tertiary/aromatic N) is 2. The van der Waals surface area contributed by atoms with Gasteiger partial charge in [0, 0.05) is 12.1 Å². The van der Waals surface area contributed by atoms with Gasteiger partial charge in [0.25, 0.3) is 11.8 Å². The number of terminal acetylenes is 1. The molecular weight excluding hydrogens is 304 g/mol. The van der Waals surface area contributed by atoms with Gasteiger partial charge in [0.1, 0.15) is 12.4 Å². The van der Waals surface area contributed by atoms with Gasteiger partial charge < -0.3 is 4.74 Å². The molecule has 2 aromatic rings. The first-order valence-corrected chi connectivity index (χ1v) is 7.62. The van der Waals surface area contributed by atoms with E-state index in [2.05, 4.69) is 5.92 Å². The molecule has 2 aliphatic heterocycles. The maximum Gasteiger partial charge on any atom is 0.276 e. The van der Waals surface area contributed by atoms with Gasteiger partial charge in [-0.2, -0.15) is 5.01 Å². The zero-order chi connectivity index (χ0) is 16.7. The number of hydrogen-bond donors (Lipinski definition) is 0. The molecule has 2 heterocycles. The number of carbonyl (C=O) groups is 2. The normalized spacial score (nSPS) is 21.4. The van der Waals surface area contributed by atoms with E-state index in [0.29, 0.717) is 23.4 Å². The lowest BCUT2D eigenvalue weighted by molar-refractivity contribution is 0.0369. The van der Waals surface area contributed by atoms with Crippen LogP contribution in [0.15, 0.2) is 48.5 Å². The van der Waals surface area contributed by atoms with Crippen LogP contribution >= 0.6 is 0 Å². The molecule has 0 spiro atoms. The molecule has 5 heteroatoms. The summed E-state index contributed by atoms with van der Waals surface area (Å²) in [5, 5.41) is 2.98. The van der Waals surface area contributed by atoms with Crippen molar-refractivity contribution in [2.45, 2.75) is 6.04 Å². The van der Waals surface area contributed by atoms with Crippen molar-refractivity contribution in [1.82, 2.24) is 10.0 Å². The minimum absolute atomic E-state index is 0.0683. The second-order valence-electron chi connectivity index (χ2n) is 5.64. The van der Waals surface area contributed by atoms with E-state index in [1.54, 1.807) is 29.3 Å². The fraction of sp³-hybridized carbons (Fsp3) is 0.158. The summed E-state index contributed by atoms with van der Waals surface area (Å²) in [5.41, 5.74) is 1.82. The number of carbonyl (C=O) groups excluding carboxylic acids is 2. The quantitative estimate of drug-likeness (QED) is 0.493. The molecule has 2 amide bonds. The van der Waals surface area contributed by atoms with E-state index in [-0.39, 0.29) is 24.5 Å². The fourth-order valence-corrected chi connectivity index (χ4v) is 3.03. The molecular formula is C19H14N2O3. The molecule has 2 aliphatic rings. The van der Waals surface area contributed by atoms with Crippen LogP contribution in [0.2, 0.25) is 0 Å². The summed E-state index contributed by atoms with van der Waals surface area (Å²) in [7, 11) is 0. The smallest absolute Gasteiger partial charge is 0.276 e. The highest BCUT2D eigenvalue weighted by Crippen LogP contribution is 2.43. The summed E-state index contributed by atoms with van der Waals surface area (Å²) < 4.78 is 5.56. The van der Waals surface area contributed by atoms with E-state index in [4.69, 9.17) is 11.2 Å². The van der Waals surface area contributed by atoms with Gasteiger partial charge in [0.05, 0.1) is 17.2 Å². The highest BCUT2D eigenvalue weighted by Gasteiger charge is 2.50. The SMILES string of the molecule is C#CCOc1ccccc1C1CN1N1C(=O)c2ccccc2C1=O. The third-order valence-corrected chi connectivity index (χ3v) is 4.20. The molecule has 2 aromatic carbocycles. The molecule has 0 saturated carbocycles. The Bertz CT molecular complexity index is 849. The predicted octanol–water partition coefficient (Wildman–Crippen LogP) is 2.27. The lowest BCUT2D eigenvalue weighted by Gasteiger charge is -2.16. The number of hydrogen-bond acceptors (Lipinski definition) is 4. The number of hydrazine groups is 1. The molecule has 118 valence electrons. The summed E-state index contributed by atoms with van der Waals surface area (Å²) in [6, 6.07) is 14.3. The van der Waals surface area contributed by atoms with Crippen molar-refractivity contribution in [2.24, 2.45) is 0 Å². The van der Waals surface area contributed by atoms with E-state index >= 15 is 0 Å². The van der Waals surface area contributed by atoms with Gasteiger partial charge in [-0.25, -0.2) is 5.01 Å². The zero-order valence-electron chi connectivity index (χ0n) is 12.8. The van der Waals surface area contributed by atoms with Gasteiger partial charge in [0.2, 0.25) is 0 Å². The van der Waals surface area contributed by atoms with Crippen molar-refractivity contribution >= 4 is 11.8 Å². The number of amides is 2. The van der Waals surface area contributed by atoms with Crippen LogP contribution in [0.25, 0.3) is 0 Å². The minimum atomic E-state index is -0.278. The van der Waals surface area contributed by atoms with Crippen LogP contribution in [-0.4, -0.2) is 35.0 Å². The van der Waals surface area contributed by atoms with E-state index in [1.807, 2.05) is 24.3 Å². The van der Waals surface area contributed by atoms with Gasteiger partial charge in [-0.1, -0.05) is 36.3 Å². The Hall–Kier alpha value is -3.10. The maximum absolute atomic E-state index is 12.5. The first-order chi connectivity index (χ1) is 11.7. The standard InChI is InChI=1S/C19H14N2O3/c1-2-11-24-17-10-6-5-9-15(17)16-12-20(16)21-18(22)13-7-3-4-8-14(13)19(21)23/h1,3-10,16H,11-12H2. The minimum Gasteiger partial charge on any atom is -0.481 e. The Kier molecular flexibility index (Phi) is 3.33. The van der Waals surface area contributed by atoms with Crippen molar-refractivity contribution in [2.75, 3.05) is 13.2 Å². The average Bonchev–Trinajstić information content (AvgIpc) is 3.35. The summed E-state index contributed by atoms with van der Waals surface area (Å²) in [4.78, 5) is 25.1. The number of ether oxygens (including phenoxy) is 1. The first-order valence-electron chi connectivity index (χ1n) is 7.62. The lowest BCUT2D eigenvalue weighted by Crippen LogP contribution is -2.35.